The molecule has 0 bridgehead atoms. The summed E-state index contributed by atoms with van der Waals surface area (Å²) >= 11 is 0. The van der Waals surface area contributed by atoms with Crippen LogP contribution in [0.25, 0.3) is 44.2 Å². The Balaban J connectivity index is 0.000000314. The third-order valence-electron chi connectivity index (χ3n) is 13.6. The van der Waals surface area contributed by atoms with Gasteiger partial charge in [-0.05, 0) is 78.8 Å². The number of benzene rings is 4. The normalized spacial score (nSPS) is 14.2. The summed E-state index contributed by atoms with van der Waals surface area (Å²) in [7, 11) is 0. The number of hydrogen-bond acceptors (Lipinski definition) is 3. The zero-order chi connectivity index (χ0) is 42.2. The molecule has 1 radical (unpaired) electrons. The van der Waals surface area contributed by atoms with E-state index in [9.17, 15) is 9.90 Å². The number of nitrogens with zero attached hydrogens (tertiary/aromatic N) is 2. The second-order valence-electron chi connectivity index (χ2n) is 18.3. The fourth-order valence-corrected chi connectivity index (χ4v) is 8.34. The number of aliphatic hydroxyl groups excluding tert-OH is 1. The van der Waals surface area contributed by atoms with Crippen molar-refractivity contribution >= 4 is 33.0 Å². The summed E-state index contributed by atoms with van der Waals surface area (Å²) in [6.07, 6.45) is 6.71. The van der Waals surface area contributed by atoms with Crippen LogP contribution >= 0.6 is 0 Å². The van der Waals surface area contributed by atoms with E-state index in [1.54, 1.807) is 0 Å². The van der Waals surface area contributed by atoms with Crippen molar-refractivity contribution in [3.05, 3.63) is 149 Å². The van der Waals surface area contributed by atoms with Crippen molar-refractivity contribution in [2.45, 2.75) is 120 Å². The molecule has 5 heteroatoms. The first-order valence-electron chi connectivity index (χ1n) is 21.2. The summed E-state index contributed by atoms with van der Waals surface area (Å²) in [5, 5.41) is 13.7. The molecule has 0 amide bonds. The SMILES string of the molecule is CC1=C(c2cc3c(-c4[c-]c5ccccc5c(C(C)(C)C)c4)nccc3n2-c2ccccc2)c2ccccc2C1(C)C.CCC(C)(CC)C(=O)/C=C(\O)C(C)(CC)CC.[Ir]. The van der Waals surface area contributed by atoms with Crippen molar-refractivity contribution in [1.29, 1.82) is 0 Å². The molecule has 1 aliphatic rings. The van der Waals surface area contributed by atoms with Crippen molar-refractivity contribution < 1.29 is 30.0 Å². The number of pyridine rings is 1. The Morgan fingerprint density at radius 3 is 2.00 bits per heavy atom. The molecule has 0 saturated heterocycles. The molecule has 0 saturated carbocycles. The molecule has 1 aliphatic carbocycles. The Morgan fingerprint density at radius 1 is 0.780 bits per heavy atom. The number of aromatic nitrogens is 2. The molecule has 4 nitrogen and oxygen atoms in total. The summed E-state index contributed by atoms with van der Waals surface area (Å²) < 4.78 is 2.42. The van der Waals surface area contributed by atoms with E-state index in [0.717, 1.165) is 58.9 Å². The van der Waals surface area contributed by atoms with Gasteiger partial charge in [-0.25, -0.2) is 0 Å². The molecule has 311 valence electrons. The summed E-state index contributed by atoms with van der Waals surface area (Å²) in [5.74, 6) is 0.286. The number of para-hydroxylation sites is 1. The minimum absolute atomic E-state index is 0. The molecule has 2 heterocycles. The van der Waals surface area contributed by atoms with Gasteiger partial charge in [-0.1, -0.05) is 153 Å². The zero-order valence-electron chi connectivity index (χ0n) is 37.3. The van der Waals surface area contributed by atoms with E-state index in [0.29, 0.717) is 0 Å². The minimum Gasteiger partial charge on any atom is -0.512 e. The Labute approximate surface area is 367 Å². The quantitative estimate of drug-likeness (QED) is 0.0845. The molecular formula is C54H63IrN2O2-. The van der Waals surface area contributed by atoms with Crippen molar-refractivity contribution in [3.63, 3.8) is 0 Å². The third-order valence-corrected chi connectivity index (χ3v) is 13.6. The van der Waals surface area contributed by atoms with Gasteiger partial charge < -0.3 is 9.67 Å². The fourth-order valence-electron chi connectivity index (χ4n) is 8.34. The molecule has 6 aromatic rings. The van der Waals surface area contributed by atoms with Crippen LogP contribution in [-0.2, 0) is 35.7 Å². The number of aliphatic hydroxyl groups is 1. The van der Waals surface area contributed by atoms with Gasteiger partial charge in [0.15, 0.2) is 5.78 Å². The molecule has 59 heavy (non-hydrogen) atoms. The van der Waals surface area contributed by atoms with Gasteiger partial charge in [0.25, 0.3) is 0 Å². The average Bonchev–Trinajstić information content (AvgIpc) is 3.70. The Hall–Kier alpha value is -4.57. The largest absolute Gasteiger partial charge is 0.512 e. The van der Waals surface area contributed by atoms with Gasteiger partial charge in [-0.2, -0.15) is 0 Å². The maximum Gasteiger partial charge on any atom is 0.164 e. The summed E-state index contributed by atoms with van der Waals surface area (Å²) in [6.45, 7) is 25.9. The second-order valence-corrected chi connectivity index (χ2v) is 18.3. The van der Waals surface area contributed by atoms with Gasteiger partial charge in [0.1, 0.15) is 5.76 Å². The van der Waals surface area contributed by atoms with Gasteiger partial charge in [0.2, 0.25) is 0 Å². The van der Waals surface area contributed by atoms with Crippen LogP contribution in [0.3, 0.4) is 0 Å². The van der Waals surface area contributed by atoms with E-state index in [4.69, 9.17) is 4.98 Å². The van der Waals surface area contributed by atoms with E-state index in [2.05, 4.69) is 149 Å². The van der Waals surface area contributed by atoms with Gasteiger partial charge in [0.05, 0.1) is 5.69 Å². The molecule has 0 fully saturated rings. The number of fused-ring (bicyclic) bond motifs is 3. The molecule has 0 spiro atoms. The summed E-state index contributed by atoms with van der Waals surface area (Å²) in [6, 6.07) is 38.8. The molecule has 1 N–H and O–H groups in total. The first kappa shape index (κ1) is 45.5. The van der Waals surface area contributed by atoms with E-state index >= 15 is 0 Å². The predicted octanol–water partition coefficient (Wildman–Crippen LogP) is 14.7. The first-order valence-corrected chi connectivity index (χ1v) is 21.2. The number of allylic oxidation sites excluding steroid dienone is 3. The molecule has 7 rings (SSSR count). The zero-order valence-corrected chi connectivity index (χ0v) is 39.7. The Kier molecular flexibility index (Phi) is 13.6. The van der Waals surface area contributed by atoms with Crippen molar-refractivity contribution in [1.82, 2.24) is 9.55 Å². The second kappa shape index (κ2) is 17.6. The Morgan fingerprint density at radius 2 is 1.37 bits per heavy atom. The number of hydrogen-bond donors (Lipinski definition) is 1. The standard InChI is InChI=1S/C39H35N2.C15H28O2.Ir/c1-25-36(30-18-12-13-19-32(30)39(25,5)6)35-24-31-34(41(35)28-15-8-7-9-16-28)20-21-40-37(31)27-22-26-14-10-11-17-29(26)33(23-27)38(2,3)4;1-7-14(5,8-2)12(16)11-13(17)15(6,9-3)10-4;/h7-21,23-24H,1-6H3;11,16H,7-10H2,1-6H3;/q-1;;/b;12-11-;. The number of carbonyl (C=O) groups excluding carboxylic acids is 1. The molecular weight excluding hydrogens is 901 g/mol. The topological polar surface area (TPSA) is 55.1 Å². The smallest absolute Gasteiger partial charge is 0.164 e. The van der Waals surface area contributed by atoms with Crippen molar-refractivity contribution in [3.8, 4) is 16.9 Å². The van der Waals surface area contributed by atoms with Crippen LogP contribution in [0, 0.1) is 16.9 Å². The van der Waals surface area contributed by atoms with Crippen LogP contribution in [-0.4, -0.2) is 20.4 Å². The van der Waals surface area contributed by atoms with E-state index in [-0.39, 0.29) is 53.3 Å². The van der Waals surface area contributed by atoms with Crippen LogP contribution in [0.1, 0.15) is 131 Å². The van der Waals surface area contributed by atoms with Gasteiger partial charge in [0, 0.05) is 71.1 Å². The summed E-state index contributed by atoms with van der Waals surface area (Å²) in [4.78, 5) is 17.2. The monoisotopic (exact) mass is 964 g/mol. The number of ketones is 1. The van der Waals surface area contributed by atoms with Crippen LogP contribution in [0.5, 0.6) is 0 Å². The van der Waals surface area contributed by atoms with Crippen molar-refractivity contribution in [2.75, 3.05) is 0 Å². The molecule has 4 aromatic carbocycles. The molecule has 0 atom stereocenters. The fraction of sp³-hybridized carbons (Fsp3) is 0.370. The predicted molar refractivity (Wildman–Crippen MR) is 246 cm³/mol. The number of rotatable bonds is 10. The van der Waals surface area contributed by atoms with E-state index in [1.165, 1.54) is 45.0 Å². The van der Waals surface area contributed by atoms with Crippen LogP contribution in [0.4, 0.5) is 0 Å². The van der Waals surface area contributed by atoms with Crippen molar-refractivity contribution in [2.24, 2.45) is 10.8 Å². The van der Waals surface area contributed by atoms with Gasteiger partial charge >= 0.3 is 0 Å². The molecule has 0 aliphatic heterocycles. The maximum atomic E-state index is 12.2. The van der Waals surface area contributed by atoms with Crippen LogP contribution in [0.15, 0.2) is 121 Å². The van der Waals surface area contributed by atoms with Crippen LogP contribution < -0.4 is 0 Å². The van der Waals surface area contributed by atoms with Gasteiger partial charge in [-0.3, -0.25) is 9.78 Å². The molecule has 0 unspecified atom stereocenters. The average molecular weight is 964 g/mol. The maximum absolute atomic E-state index is 12.2. The minimum atomic E-state index is -0.337. The van der Waals surface area contributed by atoms with Crippen LogP contribution in [0.2, 0.25) is 0 Å². The molecule has 2 aromatic heterocycles. The number of carbonyl (C=O) groups is 1. The first-order chi connectivity index (χ1) is 27.5. The van der Waals surface area contributed by atoms with E-state index < -0.39 is 0 Å². The third kappa shape index (κ3) is 8.44. The van der Waals surface area contributed by atoms with E-state index in [1.807, 2.05) is 47.7 Å². The van der Waals surface area contributed by atoms with Gasteiger partial charge in [-0.15, -0.1) is 29.1 Å². The Bertz CT molecular complexity index is 2520. The summed E-state index contributed by atoms with van der Waals surface area (Å²) in [5.41, 5.74) is 11.6.